The molecule has 5 aromatic carbocycles. The van der Waals surface area contributed by atoms with Crippen LogP contribution in [0.15, 0.2) is 97.1 Å². The van der Waals surface area contributed by atoms with Crippen LogP contribution in [-0.4, -0.2) is 71.2 Å². The Kier molecular flexibility index (Phi) is 39.9. The first kappa shape index (κ1) is 78.9. The quantitative estimate of drug-likeness (QED) is 0.0194. The van der Waals surface area contributed by atoms with Gasteiger partial charge in [-0.25, -0.2) is 28.9 Å². The average Bonchev–Trinajstić information content (AvgIpc) is 4.16. The molecule has 0 radical (unpaired) electrons. The van der Waals surface area contributed by atoms with Crippen LogP contribution < -0.4 is 18.9 Å². The van der Waals surface area contributed by atoms with Gasteiger partial charge in [0.1, 0.15) is 0 Å². The van der Waals surface area contributed by atoms with Crippen molar-refractivity contribution in [1.29, 1.82) is 0 Å². The van der Waals surface area contributed by atoms with Gasteiger partial charge in [0, 0.05) is 12.8 Å². The fraction of sp³-hybridized carbons (Fsp3) is 0.521. The first-order valence-corrected chi connectivity index (χ1v) is 29.3. The van der Waals surface area contributed by atoms with Crippen molar-refractivity contribution in [2.45, 2.75) is 203 Å². The fourth-order valence-electron chi connectivity index (χ4n) is 8.17. The molecular weight excluding hydrogens is 1100 g/mol. The van der Waals surface area contributed by atoms with E-state index in [2.05, 4.69) is 71.0 Å². The van der Waals surface area contributed by atoms with E-state index >= 15 is 0 Å². The minimum absolute atomic E-state index is 0. The zero-order valence-electron chi connectivity index (χ0n) is 52.2. The number of ether oxygens (including phenoxy) is 7. The lowest BCUT2D eigenvalue weighted by atomic mass is 9.98. The Morgan fingerprint density at radius 3 is 1.36 bits per heavy atom. The van der Waals surface area contributed by atoms with Crippen LogP contribution in [0.3, 0.4) is 0 Å². The highest BCUT2D eigenvalue weighted by molar-refractivity contribution is 5.71. The minimum atomic E-state index is -0.533. The standard InChI is InChI=1S/C16H24O2.C14H19FO3.C14H19FO.C13H16FNO.C12H15FO3.2CH4/c1-13(2)15-10-7-9-14(12-15)8-5-4-6-11-16(17)18-3;1-10(2)11-6-7-12(15)13(9-11)18-8-4-5-14(16)17-3;1-10(2)11-7-8-13(15)14(9-11)16-12-5-3-4-6-12;1-9(2)11-5-6-12(14)13(7-11)16-10(3)8-15-4;1-8(2)9-4-5-10(13)11(6-9)16-7-12(14)15-3;;/h7,9-10,12-13H,4-6,8,11H2,1-3H3;6-7,9-10H,4-5,8H2,1-3H3;7-10,12H,3-6H2,1-2H3;5-7,9-10H,8H2,1-3H3;4-6,8H,7H2,1-3H3;2*1H4. The van der Waals surface area contributed by atoms with Crippen LogP contribution in [0, 0.1) is 29.8 Å². The molecule has 0 amide bonds. The molecule has 6 rings (SSSR count). The molecule has 0 aromatic heterocycles. The van der Waals surface area contributed by atoms with E-state index in [4.69, 9.17) is 25.5 Å². The van der Waals surface area contributed by atoms with Crippen LogP contribution in [-0.2, 0) is 35.0 Å². The molecule has 1 atom stereocenters. The van der Waals surface area contributed by atoms with E-state index in [0.29, 0.717) is 48.9 Å². The first-order valence-electron chi connectivity index (χ1n) is 29.3. The van der Waals surface area contributed by atoms with Gasteiger partial charge in [-0.3, -0.25) is 9.59 Å². The summed E-state index contributed by atoms with van der Waals surface area (Å²) in [5.41, 5.74) is 6.96. The summed E-state index contributed by atoms with van der Waals surface area (Å²) in [5.74, 6) is 0.534. The van der Waals surface area contributed by atoms with Crippen molar-refractivity contribution in [2.75, 3.05) is 41.1 Å². The molecule has 0 aliphatic heterocycles. The van der Waals surface area contributed by atoms with E-state index in [1.807, 2.05) is 53.7 Å². The van der Waals surface area contributed by atoms with Gasteiger partial charge in [-0.2, -0.15) is 0 Å². The molecule has 1 aliphatic carbocycles. The Balaban J connectivity index is 0.00000104. The van der Waals surface area contributed by atoms with E-state index < -0.39 is 11.8 Å². The van der Waals surface area contributed by atoms with Gasteiger partial charge >= 0.3 is 17.9 Å². The number of aryl methyl sites for hydroxylation is 1. The highest BCUT2D eigenvalue weighted by Crippen LogP contribution is 2.30. The van der Waals surface area contributed by atoms with Crippen molar-refractivity contribution in [3.8, 4) is 23.0 Å². The predicted octanol–water partition coefficient (Wildman–Crippen LogP) is 19.0. The van der Waals surface area contributed by atoms with Gasteiger partial charge in [0.2, 0.25) is 0 Å². The van der Waals surface area contributed by atoms with E-state index in [-0.39, 0.29) is 99.2 Å². The number of rotatable bonds is 24. The molecule has 11 nitrogen and oxygen atoms in total. The topological polar surface area (TPSA) is 120 Å². The summed E-state index contributed by atoms with van der Waals surface area (Å²) in [6.45, 7) is 29.5. The second-order valence-corrected chi connectivity index (χ2v) is 22.1. The zero-order chi connectivity index (χ0) is 62.7. The lowest BCUT2D eigenvalue weighted by Crippen LogP contribution is -2.15. The zero-order valence-corrected chi connectivity index (χ0v) is 52.2. The summed E-state index contributed by atoms with van der Waals surface area (Å²) in [4.78, 5) is 35.9. The highest BCUT2D eigenvalue weighted by Gasteiger charge is 2.19. The molecule has 0 bridgehead atoms. The van der Waals surface area contributed by atoms with E-state index in [0.717, 1.165) is 60.8 Å². The lowest BCUT2D eigenvalue weighted by Gasteiger charge is -2.15. The second kappa shape index (κ2) is 43.5. The van der Waals surface area contributed by atoms with Crippen LogP contribution in [0.2, 0.25) is 0 Å². The normalized spacial score (nSPS) is 11.8. The Bertz CT molecular complexity index is 2770. The Labute approximate surface area is 513 Å². The van der Waals surface area contributed by atoms with Gasteiger partial charge in [0.05, 0.1) is 34.0 Å². The van der Waals surface area contributed by atoms with Gasteiger partial charge in [0.25, 0.3) is 6.54 Å². The van der Waals surface area contributed by atoms with E-state index in [1.165, 1.54) is 69.6 Å². The van der Waals surface area contributed by atoms with Gasteiger partial charge in [0.15, 0.2) is 59.0 Å². The molecule has 478 valence electrons. The third kappa shape index (κ3) is 31.4. The number of hydrogen-bond donors (Lipinski definition) is 0. The minimum Gasteiger partial charge on any atom is -0.490 e. The van der Waals surface area contributed by atoms with Crippen molar-refractivity contribution >= 4 is 17.9 Å². The maximum atomic E-state index is 13.6. The van der Waals surface area contributed by atoms with Crippen LogP contribution in [0.1, 0.15) is 218 Å². The Morgan fingerprint density at radius 2 is 0.907 bits per heavy atom. The molecule has 15 heteroatoms. The predicted molar refractivity (Wildman–Crippen MR) is 339 cm³/mol. The van der Waals surface area contributed by atoms with Crippen LogP contribution in [0.5, 0.6) is 23.0 Å². The summed E-state index contributed by atoms with van der Waals surface area (Å²) in [5, 5.41) is 0. The molecule has 1 unspecified atom stereocenters. The summed E-state index contributed by atoms with van der Waals surface area (Å²) in [6, 6.07) is 28.4. The van der Waals surface area contributed by atoms with Gasteiger partial charge in [-0.15, -0.1) is 0 Å². The molecule has 86 heavy (non-hydrogen) atoms. The van der Waals surface area contributed by atoms with Crippen LogP contribution >= 0.6 is 0 Å². The number of carbonyl (C=O) groups excluding carboxylic acids is 3. The lowest BCUT2D eigenvalue weighted by molar-refractivity contribution is -0.143. The molecule has 5 aromatic rings. The molecule has 0 saturated heterocycles. The molecule has 1 saturated carbocycles. The van der Waals surface area contributed by atoms with E-state index in [9.17, 15) is 31.9 Å². The monoisotopic (exact) mass is 1200 g/mol. The average molecular weight is 1200 g/mol. The van der Waals surface area contributed by atoms with Crippen molar-refractivity contribution in [2.24, 2.45) is 0 Å². The number of esters is 3. The molecule has 0 N–H and O–H groups in total. The van der Waals surface area contributed by atoms with Crippen molar-refractivity contribution in [3.05, 3.63) is 165 Å². The number of nitrogens with zero attached hydrogens (tertiary/aromatic N) is 1. The van der Waals surface area contributed by atoms with Crippen LogP contribution in [0.4, 0.5) is 17.6 Å². The summed E-state index contributed by atoms with van der Waals surface area (Å²) in [6.07, 6.45) is 10.1. The summed E-state index contributed by atoms with van der Waals surface area (Å²) >= 11 is 0. The number of methoxy groups -OCH3 is 3. The van der Waals surface area contributed by atoms with Crippen molar-refractivity contribution < 1.29 is 65.1 Å². The third-order valence-electron chi connectivity index (χ3n) is 13.5. The van der Waals surface area contributed by atoms with Gasteiger partial charge in [-0.05, 0) is 170 Å². The number of carbonyl (C=O) groups is 3. The van der Waals surface area contributed by atoms with Gasteiger partial charge in [-0.1, -0.05) is 139 Å². The second-order valence-electron chi connectivity index (χ2n) is 22.1. The fourth-order valence-corrected chi connectivity index (χ4v) is 8.17. The first-order chi connectivity index (χ1) is 39.9. The summed E-state index contributed by atoms with van der Waals surface area (Å²) < 4.78 is 88.8. The Morgan fingerprint density at radius 1 is 0.500 bits per heavy atom. The maximum absolute atomic E-state index is 13.6. The molecule has 1 fully saturated rings. The molecular formula is C71H101F4NO10. The SMILES string of the molecule is C.C.CC(C)c1ccc(F)c(OC2CCCC2)c1.COC(=O)CCCCCc1cccc(C(C)C)c1.COC(=O)CCCOc1cc(C(C)C)ccc1F.COC(=O)COc1cc(C(C)C)ccc1F.[C-]#[N+]CC(C)Oc1cc(C(C)C)ccc1F. The molecule has 0 heterocycles. The highest BCUT2D eigenvalue weighted by atomic mass is 19.1. The number of benzene rings is 5. The van der Waals surface area contributed by atoms with Crippen LogP contribution in [0.25, 0.3) is 4.85 Å². The third-order valence-corrected chi connectivity index (χ3v) is 13.5. The van der Waals surface area contributed by atoms with E-state index in [1.54, 1.807) is 43.3 Å². The number of unbranched alkanes of at least 4 members (excludes halogenated alkanes) is 2. The number of halogens is 4. The van der Waals surface area contributed by atoms with Crippen molar-refractivity contribution in [1.82, 2.24) is 0 Å². The van der Waals surface area contributed by atoms with Gasteiger partial charge < -0.3 is 38.0 Å². The van der Waals surface area contributed by atoms with Crippen molar-refractivity contribution in [3.63, 3.8) is 0 Å². The Hall–Kier alpha value is -7.08. The number of hydrogen-bond acceptors (Lipinski definition) is 10. The maximum Gasteiger partial charge on any atom is 0.343 e. The molecule has 0 spiro atoms. The molecule has 1 aliphatic rings. The summed E-state index contributed by atoms with van der Waals surface area (Å²) in [7, 11) is 4.04. The largest absolute Gasteiger partial charge is 0.490 e. The smallest absolute Gasteiger partial charge is 0.343 e.